The molecule has 156 valence electrons. The highest BCUT2D eigenvalue weighted by molar-refractivity contribution is 5.94. The van der Waals surface area contributed by atoms with Crippen LogP contribution < -0.4 is 4.74 Å². The molecule has 0 saturated carbocycles. The lowest BCUT2D eigenvalue weighted by molar-refractivity contribution is -0.132. The van der Waals surface area contributed by atoms with Crippen LogP contribution in [0.5, 0.6) is 5.75 Å². The van der Waals surface area contributed by atoms with Gasteiger partial charge in [0.15, 0.2) is 0 Å². The molecule has 6 nitrogen and oxygen atoms in total. The minimum atomic E-state index is -0.0136. The Labute approximate surface area is 176 Å². The molecule has 0 bridgehead atoms. The van der Waals surface area contributed by atoms with E-state index in [1.165, 1.54) is 10.9 Å². The lowest BCUT2D eigenvalue weighted by Crippen LogP contribution is -2.50. The fourth-order valence-corrected chi connectivity index (χ4v) is 4.02. The summed E-state index contributed by atoms with van der Waals surface area (Å²) in [7, 11) is 1.59. The van der Waals surface area contributed by atoms with Gasteiger partial charge in [0.25, 0.3) is 5.91 Å². The predicted octanol–water partition coefficient (Wildman–Crippen LogP) is 3.48. The summed E-state index contributed by atoms with van der Waals surface area (Å²) in [4.78, 5) is 32.3. The SMILES string of the molecule is COc1cccc(C(=O)N2CCN(C(=O)CCCc3c[nH]c4ccccc34)CC2)c1. The quantitative estimate of drug-likeness (QED) is 0.683. The van der Waals surface area contributed by atoms with Crippen molar-refractivity contribution in [1.29, 1.82) is 0 Å². The van der Waals surface area contributed by atoms with E-state index in [4.69, 9.17) is 4.74 Å². The molecule has 2 amide bonds. The first-order valence-corrected chi connectivity index (χ1v) is 10.4. The number of piperazine rings is 1. The molecule has 0 radical (unpaired) electrons. The monoisotopic (exact) mass is 405 g/mol. The van der Waals surface area contributed by atoms with E-state index in [0.29, 0.717) is 43.9 Å². The van der Waals surface area contributed by atoms with Crippen molar-refractivity contribution in [2.75, 3.05) is 33.3 Å². The average molecular weight is 405 g/mol. The van der Waals surface area contributed by atoms with Gasteiger partial charge in [-0.3, -0.25) is 9.59 Å². The molecule has 1 aliphatic heterocycles. The molecule has 1 aromatic heterocycles. The number of amides is 2. The minimum Gasteiger partial charge on any atom is -0.497 e. The van der Waals surface area contributed by atoms with Crippen molar-refractivity contribution < 1.29 is 14.3 Å². The van der Waals surface area contributed by atoms with Crippen molar-refractivity contribution in [2.45, 2.75) is 19.3 Å². The Morgan fingerprint density at radius 3 is 2.57 bits per heavy atom. The van der Waals surface area contributed by atoms with E-state index in [9.17, 15) is 9.59 Å². The second-order valence-electron chi connectivity index (χ2n) is 7.62. The number of hydrogen-bond donors (Lipinski definition) is 1. The van der Waals surface area contributed by atoms with Gasteiger partial charge in [0.2, 0.25) is 5.91 Å². The van der Waals surface area contributed by atoms with Crippen molar-refractivity contribution in [3.8, 4) is 5.75 Å². The van der Waals surface area contributed by atoms with E-state index in [1.54, 1.807) is 19.2 Å². The number of fused-ring (bicyclic) bond motifs is 1. The highest BCUT2D eigenvalue weighted by Gasteiger charge is 2.24. The Hall–Kier alpha value is -3.28. The van der Waals surface area contributed by atoms with Gasteiger partial charge in [0.05, 0.1) is 7.11 Å². The number of nitrogens with zero attached hydrogens (tertiary/aromatic N) is 2. The number of para-hydroxylation sites is 1. The van der Waals surface area contributed by atoms with Crippen LogP contribution in [0.3, 0.4) is 0 Å². The van der Waals surface area contributed by atoms with Crippen molar-refractivity contribution in [1.82, 2.24) is 14.8 Å². The van der Waals surface area contributed by atoms with Crippen molar-refractivity contribution in [2.24, 2.45) is 0 Å². The number of aryl methyl sites for hydroxylation is 1. The number of H-pyrrole nitrogens is 1. The van der Waals surface area contributed by atoms with Gasteiger partial charge in [-0.1, -0.05) is 24.3 Å². The zero-order valence-electron chi connectivity index (χ0n) is 17.3. The molecule has 0 spiro atoms. The lowest BCUT2D eigenvalue weighted by Gasteiger charge is -2.35. The van der Waals surface area contributed by atoms with Crippen molar-refractivity contribution >= 4 is 22.7 Å². The Kier molecular flexibility index (Phi) is 6.02. The maximum atomic E-state index is 12.7. The molecule has 1 aliphatic rings. The van der Waals surface area contributed by atoms with E-state index in [2.05, 4.69) is 17.1 Å². The number of rotatable bonds is 6. The van der Waals surface area contributed by atoms with Crippen LogP contribution in [0.1, 0.15) is 28.8 Å². The molecule has 1 saturated heterocycles. The first kappa shape index (κ1) is 20.0. The number of carbonyl (C=O) groups excluding carboxylic acids is 2. The predicted molar refractivity (Wildman–Crippen MR) is 117 cm³/mol. The maximum absolute atomic E-state index is 12.7. The third kappa shape index (κ3) is 4.32. The Morgan fingerprint density at radius 2 is 1.77 bits per heavy atom. The van der Waals surface area contributed by atoms with Crippen LogP contribution in [0, 0.1) is 0 Å². The molecule has 1 N–H and O–H groups in total. The second kappa shape index (κ2) is 9.03. The summed E-state index contributed by atoms with van der Waals surface area (Å²) < 4.78 is 5.20. The Balaban J connectivity index is 1.25. The van der Waals surface area contributed by atoms with Gasteiger partial charge in [0, 0.05) is 55.3 Å². The molecule has 0 atom stereocenters. The maximum Gasteiger partial charge on any atom is 0.254 e. The summed E-state index contributed by atoms with van der Waals surface area (Å²) in [5.74, 6) is 0.827. The van der Waals surface area contributed by atoms with Gasteiger partial charge in [-0.05, 0) is 42.7 Å². The molecular weight excluding hydrogens is 378 g/mol. The van der Waals surface area contributed by atoms with Crippen LogP contribution in [0.25, 0.3) is 10.9 Å². The third-order valence-corrected chi connectivity index (χ3v) is 5.75. The van der Waals surface area contributed by atoms with E-state index < -0.39 is 0 Å². The number of aromatic nitrogens is 1. The largest absolute Gasteiger partial charge is 0.497 e. The molecule has 6 heteroatoms. The first-order valence-electron chi connectivity index (χ1n) is 10.4. The highest BCUT2D eigenvalue weighted by Crippen LogP contribution is 2.20. The van der Waals surface area contributed by atoms with Crippen LogP contribution in [0.15, 0.2) is 54.7 Å². The summed E-state index contributed by atoms with van der Waals surface area (Å²) >= 11 is 0. The standard InChI is InChI=1S/C24H27N3O3/c1-30-20-8-4-6-18(16-20)24(29)27-14-12-26(13-15-27)23(28)11-5-7-19-17-25-22-10-3-2-9-21(19)22/h2-4,6,8-10,16-17,25H,5,7,11-15H2,1H3. The topological polar surface area (TPSA) is 65.6 Å². The fourth-order valence-electron chi connectivity index (χ4n) is 4.02. The smallest absolute Gasteiger partial charge is 0.254 e. The number of nitrogens with one attached hydrogen (secondary N) is 1. The molecule has 2 aromatic carbocycles. The molecule has 2 heterocycles. The van der Waals surface area contributed by atoms with E-state index in [1.807, 2.05) is 40.3 Å². The first-order chi connectivity index (χ1) is 14.7. The van der Waals surface area contributed by atoms with Gasteiger partial charge >= 0.3 is 0 Å². The summed E-state index contributed by atoms with van der Waals surface area (Å²) in [6.07, 6.45) is 4.27. The summed E-state index contributed by atoms with van der Waals surface area (Å²) in [5, 5.41) is 1.23. The summed E-state index contributed by atoms with van der Waals surface area (Å²) in [6, 6.07) is 15.4. The van der Waals surface area contributed by atoms with Gasteiger partial charge in [-0.25, -0.2) is 0 Å². The van der Waals surface area contributed by atoms with Crippen molar-refractivity contribution in [3.05, 3.63) is 65.9 Å². The lowest BCUT2D eigenvalue weighted by atomic mass is 10.1. The van der Waals surface area contributed by atoms with E-state index in [0.717, 1.165) is 18.4 Å². The normalized spacial score (nSPS) is 14.2. The Morgan fingerprint density at radius 1 is 1.00 bits per heavy atom. The number of carbonyl (C=O) groups is 2. The third-order valence-electron chi connectivity index (χ3n) is 5.75. The highest BCUT2D eigenvalue weighted by atomic mass is 16.5. The van der Waals surface area contributed by atoms with Crippen LogP contribution >= 0.6 is 0 Å². The van der Waals surface area contributed by atoms with Gasteiger partial charge in [-0.15, -0.1) is 0 Å². The van der Waals surface area contributed by atoms with E-state index >= 15 is 0 Å². The average Bonchev–Trinajstić information content (AvgIpc) is 3.22. The van der Waals surface area contributed by atoms with Crippen LogP contribution in [-0.2, 0) is 11.2 Å². The van der Waals surface area contributed by atoms with E-state index in [-0.39, 0.29) is 11.8 Å². The van der Waals surface area contributed by atoms with Crippen LogP contribution in [-0.4, -0.2) is 59.9 Å². The Bertz CT molecular complexity index is 1030. The second-order valence-corrected chi connectivity index (χ2v) is 7.62. The molecule has 0 unspecified atom stereocenters. The zero-order valence-corrected chi connectivity index (χ0v) is 17.3. The van der Waals surface area contributed by atoms with Gasteiger partial charge in [0.1, 0.15) is 5.75 Å². The zero-order chi connectivity index (χ0) is 20.9. The molecule has 30 heavy (non-hydrogen) atoms. The summed E-state index contributed by atoms with van der Waals surface area (Å²) in [5.41, 5.74) is 3.01. The molecule has 1 fully saturated rings. The minimum absolute atomic E-state index is 0.0136. The number of hydrogen-bond acceptors (Lipinski definition) is 3. The number of benzene rings is 2. The van der Waals surface area contributed by atoms with Crippen LogP contribution in [0.2, 0.25) is 0 Å². The molecule has 4 rings (SSSR count). The fraction of sp³-hybridized carbons (Fsp3) is 0.333. The van der Waals surface area contributed by atoms with Gasteiger partial charge in [-0.2, -0.15) is 0 Å². The van der Waals surface area contributed by atoms with Crippen molar-refractivity contribution in [3.63, 3.8) is 0 Å². The van der Waals surface area contributed by atoms with Crippen LogP contribution in [0.4, 0.5) is 0 Å². The van der Waals surface area contributed by atoms with Gasteiger partial charge < -0.3 is 19.5 Å². The molecule has 0 aliphatic carbocycles. The number of methoxy groups -OCH3 is 1. The number of ether oxygens (including phenoxy) is 1. The number of aromatic amines is 1. The summed E-state index contributed by atoms with van der Waals surface area (Å²) in [6.45, 7) is 2.29. The molecule has 3 aromatic rings. The molecular formula is C24H27N3O3.